The summed E-state index contributed by atoms with van der Waals surface area (Å²) in [5.41, 5.74) is 0.306. The molecule has 19 heavy (non-hydrogen) atoms. The number of halogens is 3. The van der Waals surface area contributed by atoms with Gasteiger partial charge >= 0.3 is 6.18 Å². The average molecular weight is 273 g/mol. The number of benzene rings is 1. The largest absolute Gasteiger partial charge is 0.416 e. The first-order valence-corrected chi connectivity index (χ1v) is 6.44. The zero-order valence-electron chi connectivity index (χ0n) is 10.8. The van der Waals surface area contributed by atoms with E-state index in [-0.39, 0.29) is 6.04 Å². The van der Waals surface area contributed by atoms with Gasteiger partial charge in [0.2, 0.25) is 0 Å². The van der Waals surface area contributed by atoms with E-state index in [1.165, 1.54) is 0 Å². The van der Waals surface area contributed by atoms with Gasteiger partial charge in [-0.15, -0.1) is 0 Å². The number of alkyl halides is 3. The number of nitrogens with one attached hydrogen (secondary N) is 1. The van der Waals surface area contributed by atoms with Crippen molar-refractivity contribution >= 4 is 0 Å². The van der Waals surface area contributed by atoms with Crippen LogP contribution in [0.1, 0.15) is 30.0 Å². The fourth-order valence-corrected chi connectivity index (χ4v) is 2.60. The van der Waals surface area contributed by atoms with Crippen LogP contribution in [0.5, 0.6) is 0 Å². The van der Waals surface area contributed by atoms with Gasteiger partial charge < -0.3 is 10.1 Å². The summed E-state index contributed by atoms with van der Waals surface area (Å²) < 4.78 is 42.9. The van der Waals surface area contributed by atoms with Crippen molar-refractivity contribution in [2.45, 2.75) is 25.1 Å². The lowest BCUT2D eigenvalue weighted by Gasteiger charge is -2.30. The van der Waals surface area contributed by atoms with E-state index in [1.54, 1.807) is 12.1 Å². The van der Waals surface area contributed by atoms with Crippen molar-refractivity contribution in [1.29, 1.82) is 0 Å². The topological polar surface area (TPSA) is 21.3 Å². The second-order valence-electron chi connectivity index (χ2n) is 4.84. The van der Waals surface area contributed by atoms with Crippen molar-refractivity contribution in [3.8, 4) is 0 Å². The summed E-state index contributed by atoms with van der Waals surface area (Å²) in [5, 5.41) is 3.21. The highest BCUT2D eigenvalue weighted by molar-refractivity contribution is 5.27. The van der Waals surface area contributed by atoms with Crippen LogP contribution >= 0.6 is 0 Å². The highest BCUT2D eigenvalue weighted by Gasteiger charge is 2.31. The van der Waals surface area contributed by atoms with Gasteiger partial charge in [-0.25, -0.2) is 0 Å². The van der Waals surface area contributed by atoms with Gasteiger partial charge in [0.1, 0.15) is 0 Å². The fraction of sp³-hybridized carbons (Fsp3) is 0.571. The van der Waals surface area contributed by atoms with Gasteiger partial charge in [-0.3, -0.25) is 0 Å². The Morgan fingerprint density at radius 3 is 2.21 bits per heavy atom. The Bertz CT molecular complexity index is 396. The summed E-state index contributed by atoms with van der Waals surface area (Å²) >= 11 is 0. The van der Waals surface area contributed by atoms with Crippen molar-refractivity contribution in [1.82, 2.24) is 5.32 Å². The van der Waals surface area contributed by atoms with E-state index in [0.717, 1.165) is 43.8 Å². The number of hydrogen-bond donors (Lipinski definition) is 1. The van der Waals surface area contributed by atoms with Gasteiger partial charge in [0.15, 0.2) is 0 Å². The smallest absolute Gasteiger partial charge is 0.381 e. The third-order valence-electron chi connectivity index (χ3n) is 3.65. The van der Waals surface area contributed by atoms with E-state index in [0.29, 0.717) is 5.92 Å². The Kier molecular flexibility index (Phi) is 4.47. The molecule has 1 aromatic rings. The third kappa shape index (κ3) is 3.48. The zero-order chi connectivity index (χ0) is 13.9. The molecule has 2 nitrogen and oxygen atoms in total. The molecule has 1 fully saturated rings. The van der Waals surface area contributed by atoms with Crippen LogP contribution in [0, 0.1) is 5.92 Å². The standard InChI is InChI=1S/C14H18F3NO/c1-18-13(11-6-8-19-9-7-11)10-2-4-12(5-3-10)14(15,16)17/h2-5,11,13,18H,6-9H2,1H3. The van der Waals surface area contributed by atoms with Gasteiger partial charge in [0.05, 0.1) is 5.56 Å². The van der Waals surface area contributed by atoms with Crippen LogP contribution in [0.15, 0.2) is 24.3 Å². The summed E-state index contributed by atoms with van der Waals surface area (Å²) in [6, 6.07) is 5.53. The van der Waals surface area contributed by atoms with Crippen LogP contribution in [0.25, 0.3) is 0 Å². The molecule has 0 radical (unpaired) electrons. The van der Waals surface area contributed by atoms with E-state index in [4.69, 9.17) is 4.74 Å². The van der Waals surface area contributed by atoms with Gasteiger partial charge in [-0.05, 0) is 43.5 Å². The molecule has 0 aliphatic carbocycles. The van der Waals surface area contributed by atoms with E-state index >= 15 is 0 Å². The van der Waals surface area contributed by atoms with E-state index < -0.39 is 11.7 Å². The Balaban J connectivity index is 2.14. The molecule has 0 aromatic heterocycles. The molecule has 1 aliphatic heterocycles. The van der Waals surface area contributed by atoms with Gasteiger partial charge in [-0.2, -0.15) is 13.2 Å². The van der Waals surface area contributed by atoms with Crippen molar-refractivity contribution < 1.29 is 17.9 Å². The van der Waals surface area contributed by atoms with Crippen LogP contribution < -0.4 is 5.32 Å². The average Bonchev–Trinajstić information content (AvgIpc) is 2.40. The number of rotatable bonds is 3. The third-order valence-corrected chi connectivity index (χ3v) is 3.65. The second kappa shape index (κ2) is 5.92. The molecule has 1 heterocycles. The zero-order valence-corrected chi connectivity index (χ0v) is 10.8. The lowest BCUT2D eigenvalue weighted by atomic mass is 9.87. The Hall–Kier alpha value is -1.07. The maximum absolute atomic E-state index is 12.5. The molecule has 0 amide bonds. The first kappa shape index (κ1) is 14.3. The minimum atomic E-state index is -4.27. The van der Waals surface area contributed by atoms with Crippen molar-refractivity contribution in [3.63, 3.8) is 0 Å². The van der Waals surface area contributed by atoms with Gasteiger partial charge in [0.25, 0.3) is 0 Å². The molecule has 2 rings (SSSR count). The van der Waals surface area contributed by atoms with E-state index in [2.05, 4.69) is 5.32 Å². The summed E-state index contributed by atoms with van der Waals surface area (Å²) in [7, 11) is 1.85. The lowest BCUT2D eigenvalue weighted by molar-refractivity contribution is -0.137. The highest BCUT2D eigenvalue weighted by atomic mass is 19.4. The highest BCUT2D eigenvalue weighted by Crippen LogP contribution is 2.33. The molecule has 0 spiro atoms. The second-order valence-corrected chi connectivity index (χ2v) is 4.84. The first-order chi connectivity index (χ1) is 9.02. The molecular formula is C14H18F3NO. The lowest BCUT2D eigenvalue weighted by Crippen LogP contribution is -2.30. The summed E-state index contributed by atoms with van der Waals surface area (Å²) in [4.78, 5) is 0. The van der Waals surface area contributed by atoms with Crippen LogP contribution in [-0.4, -0.2) is 20.3 Å². The van der Waals surface area contributed by atoms with Crippen molar-refractivity contribution in [3.05, 3.63) is 35.4 Å². The molecule has 0 saturated carbocycles. The van der Waals surface area contributed by atoms with E-state index in [1.807, 2.05) is 7.05 Å². The molecule has 0 bridgehead atoms. The SMILES string of the molecule is CNC(c1ccc(C(F)(F)F)cc1)C1CCOCC1. The predicted octanol–water partition coefficient (Wildman–Crippen LogP) is 3.39. The van der Waals surface area contributed by atoms with Crippen molar-refractivity contribution in [2.75, 3.05) is 20.3 Å². The van der Waals surface area contributed by atoms with Crippen LogP contribution in [0.2, 0.25) is 0 Å². The molecule has 1 saturated heterocycles. The molecule has 1 aliphatic rings. The number of hydrogen-bond acceptors (Lipinski definition) is 2. The first-order valence-electron chi connectivity index (χ1n) is 6.44. The minimum absolute atomic E-state index is 0.0891. The molecule has 1 unspecified atom stereocenters. The van der Waals surface area contributed by atoms with Gasteiger partial charge in [0, 0.05) is 19.3 Å². The van der Waals surface area contributed by atoms with Crippen LogP contribution in [0.4, 0.5) is 13.2 Å². The van der Waals surface area contributed by atoms with E-state index in [9.17, 15) is 13.2 Å². The summed E-state index contributed by atoms with van der Waals surface area (Å²) in [6.45, 7) is 1.45. The monoisotopic (exact) mass is 273 g/mol. The normalized spacial score (nSPS) is 19.4. The fourth-order valence-electron chi connectivity index (χ4n) is 2.60. The van der Waals surface area contributed by atoms with Crippen LogP contribution in [0.3, 0.4) is 0 Å². The van der Waals surface area contributed by atoms with Crippen molar-refractivity contribution in [2.24, 2.45) is 5.92 Å². The quantitative estimate of drug-likeness (QED) is 0.911. The predicted molar refractivity (Wildman–Crippen MR) is 66.8 cm³/mol. The Labute approximate surface area is 111 Å². The Morgan fingerprint density at radius 2 is 1.74 bits per heavy atom. The molecule has 5 heteroatoms. The molecule has 1 aromatic carbocycles. The minimum Gasteiger partial charge on any atom is -0.381 e. The summed E-state index contributed by atoms with van der Waals surface area (Å²) in [5.74, 6) is 0.412. The number of ether oxygens (including phenoxy) is 1. The maximum atomic E-state index is 12.5. The Morgan fingerprint density at radius 1 is 1.16 bits per heavy atom. The summed E-state index contributed by atoms with van der Waals surface area (Å²) in [6.07, 6.45) is -2.40. The van der Waals surface area contributed by atoms with Gasteiger partial charge in [-0.1, -0.05) is 12.1 Å². The maximum Gasteiger partial charge on any atom is 0.416 e. The molecular weight excluding hydrogens is 255 g/mol. The van der Waals surface area contributed by atoms with Crippen LogP contribution in [-0.2, 0) is 10.9 Å². The molecule has 1 N–H and O–H groups in total. The molecule has 106 valence electrons. The molecule has 1 atom stereocenters.